The molecule has 0 aromatic carbocycles. The molecular weight excluding hydrogens is 156 g/mol. The molecule has 0 aliphatic heterocycles. The molecular formula is C7H20OSi2. The second-order valence-corrected chi connectivity index (χ2v) is 12.5. The SMILES string of the molecule is CCCC(O)([SiH3])[Si](C)(C)C. The quantitative estimate of drug-likeness (QED) is 0.628. The highest BCUT2D eigenvalue weighted by Gasteiger charge is 2.35. The van der Waals surface area contributed by atoms with E-state index in [2.05, 4.69) is 26.6 Å². The maximum Gasteiger partial charge on any atom is 0.0766 e. The summed E-state index contributed by atoms with van der Waals surface area (Å²) in [7, 11) is -0.354. The number of hydrogen-bond acceptors (Lipinski definition) is 1. The van der Waals surface area contributed by atoms with Crippen LogP contribution in [0.15, 0.2) is 0 Å². The standard InChI is InChI=1S/C7H20OSi2/c1-5-6-7(8,9)10(2,3)4/h8H,5-6H2,1-4,9H3. The summed E-state index contributed by atoms with van der Waals surface area (Å²) in [5.41, 5.74) is 0. The van der Waals surface area contributed by atoms with Crippen molar-refractivity contribution in [3.8, 4) is 0 Å². The first-order valence-corrected chi connectivity index (χ1v) is 8.53. The minimum atomic E-state index is -1.29. The van der Waals surface area contributed by atoms with Crippen molar-refractivity contribution in [3.63, 3.8) is 0 Å². The number of aliphatic hydroxyl groups is 1. The Morgan fingerprint density at radius 2 is 1.80 bits per heavy atom. The zero-order valence-corrected chi connectivity index (χ0v) is 10.9. The second kappa shape index (κ2) is 3.19. The van der Waals surface area contributed by atoms with Crippen LogP contribution in [-0.4, -0.2) is 28.3 Å². The highest BCUT2D eigenvalue weighted by molar-refractivity contribution is 6.84. The molecule has 1 N–H and O–H groups in total. The van der Waals surface area contributed by atoms with E-state index in [-0.39, 0.29) is 4.85 Å². The van der Waals surface area contributed by atoms with Crippen LogP contribution in [0.3, 0.4) is 0 Å². The van der Waals surface area contributed by atoms with Gasteiger partial charge in [-0.05, 0) is 6.42 Å². The lowest BCUT2D eigenvalue weighted by molar-refractivity contribution is 0.189. The minimum absolute atomic E-state index is 0.234. The van der Waals surface area contributed by atoms with Gasteiger partial charge in [-0.2, -0.15) is 0 Å². The maximum atomic E-state index is 9.97. The summed E-state index contributed by atoms with van der Waals surface area (Å²) in [6.07, 6.45) is 2.12. The van der Waals surface area contributed by atoms with Gasteiger partial charge in [-0.15, -0.1) is 0 Å². The van der Waals surface area contributed by atoms with E-state index in [0.717, 1.165) is 23.1 Å². The van der Waals surface area contributed by atoms with Gasteiger partial charge in [0.25, 0.3) is 0 Å². The van der Waals surface area contributed by atoms with Crippen LogP contribution in [0.5, 0.6) is 0 Å². The van der Waals surface area contributed by atoms with E-state index in [1.807, 2.05) is 0 Å². The molecule has 0 saturated carbocycles. The van der Waals surface area contributed by atoms with Crippen LogP contribution in [0.2, 0.25) is 19.6 Å². The van der Waals surface area contributed by atoms with Crippen molar-refractivity contribution in [1.29, 1.82) is 0 Å². The average Bonchev–Trinajstić information content (AvgIpc) is 1.61. The Hall–Kier alpha value is 0.394. The summed E-state index contributed by atoms with van der Waals surface area (Å²) in [6, 6.07) is 0. The molecule has 0 rings (SSSR count). The van der Waals surface area contributed by atoms with Crippen molar-refractivity contribution >= 4 is 18.3 Å². The van der Waals surface area contributed by atoms with Crippen molar-refractivity contribution < 1.29 is 5.11 Å². The van der Waals surface area contributed by atoms with E-state index in [1.54, 1.807) is 0 Å². The third-order valence-electron chi connectivity index (χ3n) is 2.35. The van der Waals surface area contributed by atoms with E-state index < -0.39 is 8.07 Å². The molecule has 0 aliphatic rings. The van der Waals surface area contributed by atoms with E-state index >= 15 is 0 Å². The van der Waals surface area contributed by atoms with E-state index in [9.17, 15) is 5.11 Å². The number of rotatable bonds is 3. The van der Waals surface area contributed by atoms with Crippen molar-refractivity contribution in [2.75, 3.05) is 0 Å². The third-order valence-corrected chi connectivity index (χ3v) is 10.8. The molecule has 0 saturated heterocycles. The van der Waals surface area contributed by atoms with Crippen molar-refractivity contribution in [2.45, 2.75) is 44.3 Å². The summed E-state index contributed by atoms with van der Waals surface area (Å²) < 4.78 is 0. The van der Waals surface area contributed by atoms with Crippen LogP contribution < -0.4 is 0 Å². The second-order valence-electron chi connectivity index (χ2n) is 4.27. The first-order valence-electron chi connectivity index (χ1n) is 4.03. The molecule has 0 heterocycles. The van der Waals surface area contributed by atoms with Gasteiger partial charge < -0.3 is 5.11 Å². The van der Waals surface area contributed by atoms with Crippen molar-refractivity contribution in [1.82, 2.24) is 0 Å². The molecule has 62 valence electrons. The molecule has 1 atom stereocenters. The van der Waals surface area contributed by atoms with Crippen LogP contribution in [0, 0.1) is 0 Å². The van der Waals surface area contributed by atoms with Gasteiger partial charge in [-0.25, -0.2) is 0 Å². The Morgan fingerprint density at radius 1 is 1.40 bits per heavy atom. The van der Waals surface area contributed by atoms with Gasteiger partial charge in [0.1, 0.15) is 0 Å². The summed E-state index contributed by atoms with van der Waals surface area (Å²) in [4.78, 5) is -0.234. The van der Waals surface area contributed by atoms with Crippen LogP contribution in [0.25, 0.3) is 0 Å². The van der Waals surface area contributed by atoms with Gasteiger partial charge in [-0.3, -0.25) is 0 Å². The largest absolute Gasteiger partial charge is 0.398 e. The molecule has 0 aromatic heterocycles. The molecule has 1 nitrogen and oxygen atoms in total. The van der Waals surface area contributed by atoms with Crippen LogP contribution in [-0.2, 0) is 0 Å². The Bertz CT molecular complexity index is 105. The fourth-order valence-electron chi connectivity index (χ4n) is 0.862. The molecule has 0 aliphatic carbocycles. The first kappa shape index (κ1) is 10.4. The monoisotopic (exact) mass is 176 g/mol. The summed E-state index contributed by atoms with van der Waals surface area (Å²) in [6.45, 7) is 8.88. The topological polar surface area (TPSA) is 20.2 Å². The van der Waals surface area contributed by atoms with Gasteiger partial charge in [0.05, 0.1) is 8.07 Å². The number of hydrogen-bond donors (Lipinski definition) is 1. The Balaban J connectivity index is 4.10. The van der Waals surface area contributed by atoms with E-state index in [1.165, 1.54) is 0 Å². The molecule has 1 unspecified atom stereocenters. The average molecular weight is 176 g/mol. The fraction of sp³-hybridized carbons (Fsp3) is 1.00. The lowest BCUT2D eigenvalue weighted by Crippen LogP contribution is -2.52. The third kappa shape index (κ3) is 2.56. The lowest BCUT2D eigenvalue weighted by atomic mass is 10.3. The maximum absolute atomic E-state index is 9.97. The van der Waals surface area contributed by atoms with Crippen LogP contribution >= 0.6 is 0 Å². The Kier molecular flexibility index (Phi) is 3.32. The molecule has 0 bridgehead atoms. The molecule has 3 heteroatoms. The predicted octanol–water partition coefficient (Wildman–Crippen LogP) is 0.718. The fourth-order valence-corrected chi connectivity index (χ4v) is 2.36. The zero-order valence-electron chi connectivity index (χ0n) is 7.86. The molecule has 0 fully saturated rings. The minimum Gasteiger partial charge on any atom is -0.398 e. The molecule has 0 spiro atoms. The van der Waals surface area contributed by atoms with E-state index in [0.29, 0.717) is 0 Å². The van der Waals surface area contributed by atoms with E-state index in [4.69, 9.17) is 0 Å². The highest BCUT2D eigenvalue weighted by Crippen LogP contribution is 2.21. The van der Waals surface area contributed by atoms with Gasteiger partial charge in [0, 0.05) is 15.1 Å². The Labute approximate surface area is 68.3 Å². The summed E-state index contributed by atoms with van der Waals surface area (Å²) >= 11 is 0. The molecule has 0 aromatic rings. The lowest BCUT2D eigenvalue weighted by Gasteiger charge is -2.35. The molecule has 0 amide bonds. The smallest absolute Gasteiger partial charge is 0.0766 e. The van der Waals surface area contributed by atoms with Crippen molar-refractivity contribution in [2.24, 2.45) is 0 Å². The van der Waals surface area contributed by atoms with Gasteiger partial charge in [-0.1, -0.05) is 33.0 Å². The Morgan fingerprint density at radius 3 is 1.90 bits per heavy atom. The molecule has 0 radical (unpaired) electrons. The highest BCUT2D eigenvalue weighted by atomic mass is 28.4. The zero-order chi connectivity index (χ0) is 8.41. The summed E-state index contributed by atoms with van der Waals surface area (Å²) in [5, 5.41) is 9.97. The van der Waals surface area contributed by atoms with Gasteiger partial charge in [0.2, 0.25) is 0 Å². The molecule has 10 heavy (non-hydrogen) atoms. The van der Waals surface area contributed by atoms with Crippen molar-refractivity contribution in [3.05, 3.63) is 0 Å². The van der Waals surface area contributed by atoms with Crippen LogP contribution in [0.1, 0.15) is 19.8 Å². The van der Waals surface area contributed by atoms with Gasteiger partial charge >= 0.3 is 0 Å². The first-order chi connectivity index (χ1) is 4.31. The van der Waals surface area contributed by atoms with Crippen LogP contribution in [0.4, 0.5) is 0 Å². The predicted molar refractivity (Wildman–Crippen MR) is 53.1 cm³/mol. The normalized spacial score (nSPS) is 18.9. The van der Waals surface area contributed by atoms with Gasteiger partial charge in [0.15, 0.2) is 0 Å². The summed E-state index contributed by atoms with van der Waals surface area (Å²) in [5.74, 6) is 0.